The highest BCUT2D eigenvalue weighted by atomic mass is 32.2. The Hall–Kier alpha value is -0.210. The first kappa shape index (κ1) is 17.6. The molecule has 6 nitrogen and oxygen atoms in total. The lowest BCUT2D eigenvalue weighted by Crippen LogP contribution is -2.55. The van der Waals surface area contributed by atoms with Crippen LogP contribution in [0.3, 0.4) is 0 Å². The first-order valence-corrected chi connectivity index (χ1v) is 10.2. The second-order valence-corrected chi connectivity index (χ2v) is 9.84. The summed E-state index contributed by atoms with van der Waals surface area (Å²) >= 11 is 0. The third-order valence-electron chi connectivity index (χ3n) is 6.04. The summed E-state index contributed by atoms with van der Waals surface area (Å²) in [6.07, 6.45) is 6.85. The van der Waals surface area contributed by atoms with Crippen LogP contribution in [0.2, 0.25) is 0 Å². The van der Waals surface area contributed by atoms with Gasteiger partial charge in [0.25, 0.3) is 10.2 Å². The predicted molar refractivity (Wildman–Crippen MR) is 90.5 cm³/mol. The molecule has 134 valence electrons. The van der Waals surface area contributed by atoms with Gasteiger partial charge < -0.3 is 4.74 Å². The van der Waals surface area contributed by atoms with Crippen molar-refractivity contribution in [2.45, 2.75) is 50.1 Å². The van der Waals surface area contributed by atoms with Crippen molar-refractivity contribution in [1.82, 2.24) is 13.5 Å². The summed E-state index contributed by atoms with van der Waals surface area (Å²) in [5.74, 6) is 0.815. The van der Waals surface area contributed by atoms with Crippen molar-refractivity contribution < 1.29 is 13.2 Å². The molecule has 3 fully saturated rings. The summed E-state index contributed by atoms with van der Waals surface area (Å²) in [5, 5.41) is 0. The maximum Gasteiger partial charge on any atom is 0.281 e. The highest BCUT2D eigenvalue weighted by Gasteiger charge is 2.47. The summed E-state index contributed by atoms with van der Waals surface area (Å²) in [6, 6.07) is 0.491. The van der Waals surface area contributed by atoms with Crippen LogP contribution in [0.5, 0.6) is 0 Å². The van der Waals surface area contributed by atoms with Crippen molar-refractivity contribution in [1.29, 1.82) is 0 Å². The first-order valence-electron chi connectivity index (χ1n) is 8.83. The molecule has 2 heterocycles. The lowest BCUT2D eigenvalue weighted by Gasteiger charge is -2.44. The molecule has 0 radical (unpaired) electrons. The molecule has 2 aliphatic heterocycles. The van der Waals surface area contributed by atoms with Gasteiger partial charge in [0.2, 0.25) is 0 Å². The Morgan fingerprint density at radius 3 is 2.30 bits per heavy atom. The van der Waals surface area contributed by atoms with E-state index in [1.807, 2.05) is 0 Å². The van der Waals surface area contributed by atoms with Crippen molar-refractivity contribution in [2.75, 3.05) is 47.4 Å². The van der Waals surface area contributed by atoms with Crippen LogP contribution >= 0.6 is 0 Å². The Labute approximate surface area is 140 Å². The zero-order valence-corrected chi connectivity index (χ0v) is 15.5. The van der Waals surface area contributed by atoms with Gasteiger partial charge in [-0.3, -0.25) is 4.90 Å². The Morgan fingerprint density at radius 2 is 1.74 bits per heavy atom. The largest absolute Gasteiger partial charge is 0.380 e. The van der Waals surface area contributed by atoms with Gasteiger partial charge in [-0.2, -0.15) is 17.0 Å². The van der Waals surface area contributed by atoms with Crippen LogP contribution in [-0.4, -0.2) is 81.0 Å². The summed E-state index contributed by atoms with van der Waals surface area (Å²) in [6.45, 7) is 3.00. The average molecular weight is 346 g/mol. The van der Waals surface area contributed by atoms with Gasteiger partial charge in [-0.05, 0) is 51.5 Å². The molecule has 0 aromatic rings. The van der Waals surface area contributed by atoms with E-state index in [1.165, 1.54) is 23.6 Å². The SMILES string of the molecule is CN1[C@H](COCC2CC2)CCC12CCN(S(=O)(=O)N(C)C)CC2. The molecule has 1 aliphatic carbocycles. The standard InChI is InChI=1S/C16H31N3O3S/c1-17(2)23(20,21)19-10-8-16(9-11-19)7-6-15(18(16)3)13-22-12-14-4-5-14/h14-15H,4-13H2,1-3H3/t15-/m0/s1. The van der Waals surface area contributed by atoms with E-state index in [0.717, 1.165) is 38.4 Å². The number of likely N-dealkylation sites (N-methyl/N-ethyl adjacent to an activating group) is 1. The molecule has 0 amide bonds. The van der Waals surface area contributed by atoms with E-state index < -0.39 is 10.2 Å². The number of hydrogen-bond donors (Lipinski definition) is 0. The van der Waals surface area contributed by atoms with Crippen molar-refractivity contribution in [2.24, 2.45) is 5.92 Å². The van der Waals surface area contributed by atoms with Gasteiger partial charge in [-0.1, -0.05) is 0 Å². The summed E-state index contributed by atoms with van der Waals surface area (Å²) in [5.41, 5.74) is 0.173. The molecule has 1 atom stereocenters. The van der Waals surface area contributed by atoms with Gasteiger partial charge in [-0.15, -0.1) is 0 Å². The van der Waals surface area contributed by atoms with Crippen LogP contribution in [0, 0.1) is 5.92 Å². The molecule has 23 heavy (non-hydrogen) atoms. The maximum atomic E-state index is 12.3. The smallest absolute Gasteiger partial charge is 0.281 e. The van der Waals surface area contributed by atoms with E-state index in [2.05, 4.69) is 11.9 Å². The molecular formula is C16H31N3O3S. The molecule has 3 rings (SSSR count). The summed E-state index contributed by atoms with van der Waals surface area (Å²) in [7, 11) is 2.14. The van der Waals surface area contributed by atoms with E-state index in [4.69, 9.17) is 4.74 Å². The van der Waals surface area contributed by atoms with Crippen LogP contribution in [0.4, 0.5) is 0 Å². The van der Waals surface area contributed by atoms with Crippen LogP contribution in [0.15, 0.2) is 0 Å². The van der Waals surface area contributed by atoms with E-state index >= 15 is 0 Å². The van der Waals surface area contributed by atoms with Gasteiger partial charge >= 0.3 is 0 Å². The Balaban J connectivity index is 1.53. The van der Waals surface area contributed by atoms with Crippen molar-refractivity contribution >= 4 is 10.2 Å². The molecule has 2 saturated heterocycles. The summed E-state index contributed by atoms with van der Waals surface area (Å²) < 4.78 is 33.4. The molecule has 7 heteroatoms. The zero-order chi connectivity index (χ0) is 16.7. The highest BCUT2D eigenvalue weighted by molar-refractivity contribution is 7.86. The van der Waals surface area contributed by atoms with E-state index in [0.29, 0.717) is 19.1 Å². The Kier molecular flexibility index (Phi) is 5.05. The normalized spacial score (nSPS) is 29.7. The van der Waals surface area contributed by atoms with E-state index in [-0.39, 0.29) is 5.54 Å². The number of ether oxygens (including phenoxy) is 1. The Bertz CT molecular complexity index is 511. The third-order valence-corrected chi connectivity index (χ3v) is 7.98. The average Bonchev–Trinajstić information content (AvgIpc) is 3.29. The fraction of sp³-hybridized carbons (Fsp3) is 1.00. The van der Waals surface area contributed by atoms with Crippen LogP contribution in [0.1, 0.15) is 38.5 Å². The van der Waals surface area contributed by atoms with E-state index in [1.54, 1.807) is 18.4 Å². The molecule has 1 spiro atoms. The van der Waals surface area contributed by atoms with Crippen molar-refractivity contribution in [3.05, 3.63) is 0 Å². The third kappa shape index (κ3) is 3.58. The second-order valence-electron chi connectivity index (χ2n) is 7.70. The molecule has 0 N–H and O–H groups in total. The molecule has 1 saturated carbocycles. The fourth-order valence-corrected chi connectivity index (χ4v) is 5.12. The minimum Gasteiger partial charge on any atom is -0.380 e. The quantitative estimate of drug-likeness (QED) is 0.725. The van der Waals surface area contributed by atoms with Crippen molar-refractivity contribution in [3.8, 4) is 0 Å². The zero-order valence-electron chi connectivity index (χ0n) is 14.7. The number of piperidine rings is 1. The number of likely N-dealkylation sites (tertiary alicyclic amines) is 1. The maximum absolute atomic E-state index is 12.3. The van der Waals surface area contributed by atoms with Gasteiger partial charge in [0.05, 0.1) is 6.61 Å². The lowest BCUT2D eigenvalue weighted by atomic mass is 9.86. The highest BCUT2D eigenvalue weighted by Crippen LogP contribution is 2.41. The number of nitrogens with zero attached hydrogens (tertiary/aromatic N) is 3. The molecule has 0 aromatic carbocycles. The van der Waals surface area contributed by atoms with E-state index in [9.17, 15) is 8.42 Å². The van der Waals surface area contributed by atoms with Gasteiger partial charge in [0.15, 0.2) is 0 Å². The summed E-state index contributed by atoms with van der Waals surface area (Å²) in [4.78, 5) is 2.49. The minimum absolute atomic E-state index is 0.173. The first-order chi connectivity index (χ1) is 10.8. The Morgan fingerprint density at radius 1 is 1.09 bits per heavy atom. The molecule has 0 unspecified atom stereocenters. The predicted octanol–water partition coefficient (Wildman–Crippen LogP) is 1.15. The monoisotopic (exact) mass is 345 g/mol. The number of rotatable bonds is 6. The van der Waals surface area contributed by atoms with Gasteiger partial charge in [-0.25, -0.2) is 0 Å². The number of hydrogen-bond acceptors (Lipinski definition) is 4. The molecule has 0 aromatic heterocycles. The van der Waals surface area contributed by atoms with Crippen molar-refractivity contribution in [3.63, 3.8) is 0 Å². The van der Waals surface area contributed by atoms with Crippen LogP contribution in [0.25, 0.3) is 0 Å². The molecule has 0 bridgehead atoms. The molecular weight excluding hydrogens is 314 g/mol. The van der Waals surface area contributed by atoms with Gasteiger partial charge in [0.1, 0.15) is 0 Å². The lowest BCUT2D eigenvalue weighted by molar-refractivity contribution is 0.0278. The molecule has 3 aliphatic rings. The topological polar surface area (TPSA) is 53.1 Å². The van der Waals surface area contributed by atoms with Crippen LogP contribution in [-0.2, 0) is 14.9 Å². The minimum atomic E-state index is -3.27. The second kappa shape index (κ2) is 6.59. The van der Waals surface area contributed by atoms with Crippen LogP contribution < -0.4 is 0 Å². The fourth-order valence-electron chi connectivity index (χ4n) is 4.01. The van der Waals surface area contributed by atoms with Gasteiger partial charge in [0, 0.05) is 45.4 Å².